The number of aromatic nitrogens is 6. The van der Waals surface area contributed by atoms with Gasteiger partial charge in [0.25, 0.3) is 5.91 Å². The molecule has 0 saturated heterocycles. The van der Waals surface area contributed by atoms with Gasteiger partial charge in [-0.25, -0.2) is 14.6 Å². The number of aryl methyl sites for hydroxylation is 3. The molecule has 32 heavy (non-hydrogen) atoms. The SMILES string of the molecule is Cc1ccc(-n2nnc(C(=O)NCc3cccnc3)c2CSc2nc(C)cc(C)n2)cc1. The highest BCUT2D eigenvalue weighted by Gasteiger charge is 2.21. The second-order valence-electron chi connectivity index (χ2n) is 7.40. The fraction of sp³-hybridized carbons (Fsp3) is 0.217. The smallest absolute Gasteiger partial charge is 0.274 e. The third-order valence-electron chi connectivity index (χ3n) is 4.73. The molecule has 9 heteroatoms. The minimum Gasteiger partial charge on any atom is -0.346 e. The Balaban J connectivity index is 1.61. The summed E-state index contributed by atoms with van der Waals surface area (Å²) in [7, 11) is 0. The molecule has 0 atom stereocenters. The van der Waals surface area contributed by atoms with Gasteiger partial charge in [0.2, 0.25) is 0 Å². The van der Waals surface area contributed by atoms with Crippen molar-refractivity contribution in [2.45, 2.75) is 38.2 Å². The number of nitrogens with one attached hydrogen (secondary N) is 1. The van der Waals surface area contributed by atoms with Crippen molar-refractivity contribution in [3.05, 3.63) is 88.8 Å². The lowest BCUT2D eigenvalue weighted by Gasteiger charge is -2.09. The van der Waals surface area contributed by atoms with Crippen LogP contribution in [-0.4, -0.2) is 35.9 Å². The summed E-state index contributed by atoms with van der Waals surface area (Å²) in [6, 6.07) is 13.6. The first kappa shape index (κ1) is 21.6. The zero-order valence-corrected chi connectivity index (χ0v) is 18.9. The van der Waals surface area contributed by atoms with Crippen molar-refractivity contribution in [3.63, 3.8) is 0 Å². The molecule has 1 aromatic carbocycles. The molecule has 0 unspecified atom stereocenters. The number of thioether (sulfide) groups is 1. The highest BCUT2D eigenvalue weighted by atomic mass is 32.2. The van der Waals surface area contributed by atoms with E-state index in [-0.39, 0.29) is 11.6 Å². The van der Waals surface area contributed by atoms with Gasteiger partial charge in [0, 0.05) is 36.1 Å². The predicted octanol–water partition coefficient (Wildman–Crippen LogP) is 3.60. The van der Waals surface area contributed by atoms with E-state index < -0.39 is 0 Å². The van der Waals surface area contributed by atoms with E-state index in [1.54, 1.807) is 17.1 Å². The number of hydrogen-bond donors (Lipinski definition) is 1. The fourth-order valence-corrected chi connectivity index (χ4v) is 4.10. The molecule has 0 saturated carbocycles. The van der Waals surface area contributed by atoms with Gasteiger partial charge in [-0.1, -0.05) is 40.7 Å². The molecule has 162 valence electrons. The van der Waals surface area contributed by atoms with Crippen LogP contribution in [0.3, 0.4) is 0 Å². The highest BCUT2D eigenvalue weighted by Crippen LogP contribution is 2.24. The van der Waals surface area contributed by atoms with Gasteiger partial charge in [-0.3, -0.25) is 9.78 Å². The zero-order chi connectivity index (χ0) is 22.5. The minimum atomic E-state index is -0.288. The zero-order valence-electron chi connectivity index (χ0n) is 18.1. The average molecular weight is 446 g/mol. The molecule has 0 spiro atoms. The highest BCUT2D eigenvalue weighted by molar-refractivity contribution is 7.98. The Morgan fingerprint density at radius 2 is 1.81 bits per heavy atom. The first-order valence-corrected chi connectivity index (χ1v) is 11.1. The molecule has 0 bridgehead atoms. The van der Waals surface area contributed by atoms with Gasteiger partial charge in [0.1, 0.15) is 0 Å². The lowest BCUT2D eigenvalue weighted by Crippen LogP contribution is -2.24. The van der Waals surface area contributed by atoms with Crippen LogP contribution in [0.4, 0.5) is 0 Å². The molecule has 8 nitrogen and oxygen atoms in total. The summed E-state index contributed by atoms with van der Waals surface area (Å²) in [5, 5.41) is 12.0. The van der Waals surface area contributed by atoms with Gasteiger partial charge in [0.05, 0.1) is 11.4 Å². The van der Waals surface area contributed by atoms with Gasteiger partial charge in [-0.05, 0) is 50.6 Å². The van der Waals surface area contributed by atoms with Crippen LogP contribution in [0.2, 0.25) is 0 Å². The van der Waals surface area contributed by atoms with E-state index in [9.17, 15) is 4.79 Å². The van der Waals surface area contributed by atoms with Crippen molar-refractivity contribution in [2.24, 2.45) is 0 Å². The van der Waals surface area contributed by atoms with Crippen molar-refractivity contribution >= 4 is 17.7 Å². The molecule has 0 radical (unpaired) electrons. The third kappa shape index (κ3) is 5.17. The van der Waals surface area contributed by atoms with Crippen LogP contribution in [0.25, 0.3) is 5.69 Å². The molecule has 3 aromatic heterocycles. The van der Waals surface area contributed by atoms with E-state index in [4.69, 9.17) is 0 Å². The second-order valence-corrected chi connectivity index (χ2v) is 8.34. The van der Waals surface area contributed by atoms with Gasteiger partial charge in [-0.15, -0.1) is 5.10 Å². The Hall–Kier alpha value is -3.59. The number of hydrogen-bond acceptors (Lipinski definition) is 7. The molecule has 1 amide bonds. The number of amides is 1. The molecule has 0 aliphatic rings. The normalized spacial score (nSPS) is 10.8. The molecule has 3 heterocycles. The Morgan fingerprint density at radius 1 is 1.06 bits per heavy atom. The van der Waals surface area contributed by atoms with E-state index in [0.717, 1.165) is 28.2 Å². The molecule has 4 aromatic rings. The molecule has 4 rings (SSSR count). The maximum absolute atomic E-state index is 13.0. The van der Waals surface area contributed by atoms with Crippen LogP contribution >= 0.6 is 11.8 Å². The number of nitrogens with zero attached hydrogens (tertiary/aromatic N) is 6. The number of rotatable bonds is 7. The quantitative estimate of drug-likeness (QED) is 0.343. The van der Waals surface area contributed by atoms with E-state index >= 15 is 0 Å². The van der Waals surface area contributed by atoms with Crippen molar-refractivity contribution in [1.29, 1.82) is 0 Å². The molecule has 1 N–H and O–H groups in total. The van der Waals surface area contributed by atoms with Crippen LogP contribution in [0, 0.1) is 20.8 Å². The summed E-state index contributed by atoms with van der Waals surface area (Å²) < 4.78 is 1.70. The molecular formula is C23H23N7OS. The summed E-state index contributed by atoms with van der Waals surface area (Å²) in [5.41, 5.74) is 5.66. The Labute approximate surface area is 190 Å². The third-order valence-corrected chi connectivity index (χ3v) is 5.59. The van der Waals surface area contributed by atoms with Crippen molar-refractivity contribution in [2.75, 3.05) is 0 Å². The van der Waals surface area contributed by atoms with Crippen LogP contribution in [0.1, 0.15) is 38.7 Å². The summed E-state index contributed by atoms with van der Waals surface area (Å²) in [6.45, 7) is 6.26. The van der Waals surface area contributed by atoms with Crippen molar-refractivity contribution < 1.29 is 4.79 Å². The number of pyridine rings is 1. The maximum Gasteiger partial charge on any atom is 0.274 e. The Bertz CT molecular complexity index is 1200. The van der Waals surface area contributed by atoms with Crippen molar-refractivity contribution in [1.82, 2.24) is 35.3 Å². The van der Waals surface area contributed by atoms with Gasteiger partial charge in [0.15, 0.2) is 10.9 Å². The fourth-order valence-electron chi connectivity index (χ4n) is 3.16. The van der Waals surface area contributed by atoms with Crippen LogP contribution in [-0.2, 0) is 12.3 Å². The lowest BCUT2D eigenvalue weighted by atomic mass is 10.2. The van der Waals surface area contributed by atoms with Crippen molar-refractivity contribution in [3.8, 4) is 5.69 Å². The Kier molecular flexibility index (Phi) is 6.55. The summed E-state index contributed by atoms with van der Waals surface area (Å²) in [4.78, 5) is 26.0. The van der Waals surface area contributed by atoms with E-state index in [2.05, 4.69) is 30.6 Å². The number of benzene rings is 1. The standard InChI is InChI=1S/C23H23N7OS/c1-15-6-8-19(9-7-15)30-20(14-32-23-26-16(2)11-17(3)27-23)21(28-29-30)22(31)25-13-18-5-4-10-24-12-18/h4-12H,13-14H2,1-3H3,(H,25,31). The first-order chi connectivity index (χ1) is 15.5. The van der Waals surface area contributed by atoms with E-state index in [1.165, 1.54) is 11.8 Å². The minimum absolute atomic E-state index is 0.284. The monoisotopic (exact) mass is 445 g/mol. The maximum atomic E-state index is 13.0. The summed E-state index contributed by atoms with van der Waals surface area (Å²) in [5.74, 6) is 0.156. The van der Waals surface area contributed by atoms with Crippen LogP contribution < -0.4 is 5.32 Å². The van der Waals surface area contributed by atoms with Gasteiger partial charge >= 0.3 is 0 Å². The number of carbonyl (C=O) groups excluding carboxylic acids is 1. The predicted molar refractivity (Wildman–Crippen MR) is 123 cm³/mol. The van der Waals surface area contributed by atoms with Crippen LogP contribution in [0.15, 0.2) is 60.0 Å². The molecule has 0 aliphatic heterocycles. The van der Waals surface area contributed by atoms with Gasteiger partial charge < -0.3 is 5.32 Å². The first-order valence-electron chi connectivity index (χ1n) is 10.1. The Morgan fingerprint density at radius 3 is 2.50 bits per heavy atom. The molecule has 0 aliphatic carbocycles. The number of carbonyl (C=O) groups is 1. The lowest BCUT2D eigenvalue weighted by molar-refractivity contribution is 0.0945. The second kappa shape index (κ2) is 9.69. The molecular weight excluding hydrogens is 422 g/mol. The van der Waals surface area contributed by atoms with E-state index in [1.807, 2.05) is 63.2 Å². The average Bonchev–Trinajstić information content (AvgIpc) is 3.20. The largest absolute Gasteiger partial charge is 0.346 e. The van der Waals surface area contributed by atoms with Gasteiger partial charge in [-0.2, -0.15) is 0 Å². The van der Waals surface area contributed by atoms with Crippen LogP contribution in [0.5, 0.6) is 0 Å². The van der Waals surface area contributed by atoms with E-state index in [0.29, 0.717) is 23.1 Å². The topological polar surface area (TPSA) is 98.5 Å². The summed E-state index contributed by atoms with van der Waals surface area (Å²) >= 11 is 1.45. The summed E-state index contributed by atoms with van der Waals surface area (Å²) in [6.07, 6.45) is 3.42. The molecule has 0 fully saturated rings.